The van der Waals surface area contributed by atoms with Crippen molar-refractivity contribution >= 4 is 0 Å². The quantitative estimate of drug-likeness (QED) is 0.838. The number of benzene rings is 1. The van der Waals surface area contributed by atoms with Crippen LogP contribution in [-0.2, 0) is 17.8 Å². The molecule has 0 aliphatic carbocycles. The zero-order valence-electron chi connectivity index (χ0n) is 10.8. The van der Waals surface area contributed by atoms with Crippen LogP contribution in [0.5, 0.6) is 0 Å². The first-order valence-corrected chi connectivity index (χ1v) is 6.03. The molecule has 0 radical (unpaired) electrons. The SMILES string of the molecule is CNC.c1cc2c(c(-c3cnoc3)c1)CCOC2. The van der Waals surface area contributed by atoms with Crippen LogP contribution in [0.15, 0.2) is 35.2 Å². The van der Waals surface area contributed by atoms with Crippen LogP contribution >= 0.6 is 0 Å². The molecule has 1 aliphatic rings. The Balaban J connectivity index is 0.000000367. The van der Waals surface area contributed by atoms with Crippen molar-refractivity contribution in [3.05, 3.63) is 41.8 Å². The fourth-order valence-electron chi connectivity index (χ4n) is 2.03. The summed E-state index contributed by atoms with van der Waals surface area (Å²) in [6, 6.07) is 6.28. The molecule has 0 fully saturated rings. The van der Waals surface area contributed by atoms with E-state index in [1.54, 1.807) is 12.5 Å². The first-order valence-electron chi connectivity index (χ1n) is 6.03. The fraction of sp³-hybridized carbons (Fsp3) is 0.357. The van der Waals surface area contributed by atoms with E-state index in [0.29, 0.717) is 6.61 Å². The molecule has 1 aliphatic heterocycles. The van der Waals surface area contributed by atoms with Gasteiger partial charge in [-0.3, -0.25) is 0 Å². The smallest absolute Gasteiger partial charge is 0.131 e. The second-order valence-electron chi connectivity index (χ2n) is 4.16. The van der Waals surface area contributed by atoms with Crippen LogP contribution in [0.1, 0.15) is 11.1 Å². The van der Waals surface area contributed by atoms with E-state index in [-0.39, 0.29) is 0 Å². The van der Waals surface area contributed by atoms with Gasteiger partial charge in [0.05, 0.1) is 19.4 Å². The Morgan fingerprint density at radius 3 is 2.83 bits per heavy atom. The molecule has 1 N–H and O–H groups in total. The Morgan fingerprint density at radius 2 is 2.11 bits per heavy atom. The maximum atomic E-state index is 5.43. The van der Waals surface area contributed by atoms with Crippen molar-refractivity contribution in [2.24, 2.45) is 0 Å². The van der Waals surface area contributed by atoms with E-state index in [2.05, 4.69) is 28.7 Å². The van der Waals surface area contributed by atoms with Gasteiger partial charge in [-0.2, -0.15) is 0 Å². The van der Waals surface area contributed by atoms with E-state index in [4.69, 9.17) is 9.26 Å². The Labute approximate surface area is 107 Å². The molecule has 0 amide bonds. The average Bonchev–Trinajstić information content (AvgIpc) is 2.93. The number of nitrogens with one attached hydrogen (secondary N) is 1. The van der Waals surface area contributed by atoms with Gasteiger partial charge in [0, 0.05) is 5.56 Å². The highest BCUT2D eigenvalue weighted by Gasteiger charge is 2.14. The molecular weight excluding hydrogens is 228 g/mol. The summed E-state index contributed by atoms with van der Waals surface area (Å²) < 4.78 is 10.3. The second-order valence-corrected chi connectivity index (χ2v) is 4.16. The van der Waals surface area contributed by atoms with Crippen LogP contribution in [0.4, 0.5) is 0 Å². The highest BCUT2D eigenvalue weighted by atomic mass is 16.5. The zero-order valence-corrected chi connectivity index (χ0v) is 10.8. The monoisotopic (exact) mass is 246 g/mol. The number of ether oxygens (including phenoxy) is 1. The lowest BCUT2D eigenvalue weighted by Gasteiger charge is -2.18. The van der Waals surface area contributed by atoms with E-state index in [9.17, 15) is 0 Å². The van der Waals surface area contributed by atoms with Crippen molar-refractivity contribution in [1.29, 1.82) is 0 Å². The summed E-state index contributed by atoms with van der Waals surface area (Å²) in [6.07, 6.45) is 4.41. The molecule has 2 heterocycles. The van der Waals surface area contributed by atoms with Gasteiger partial charge in [-0.15, -0.1) is 0 Å². The third-order valence-corrected chi connectivity index (χ3v) is 2.77. The number of nitrogens with zero attached hydrogens (tertiary/aromatic N) is 1. The van der Waals surface area contributed by atoms with Crippen LogP contribution in [0, 0.1) is 0 Å². The zero-order chi connectivity index (χ0) is 12.8. The summed E-state index contributed by atoms with van der Waals surface area (Å²) in [6.45, 7) is 1.52. The van der Waals surface area contributed by atoms with Crippen LogP contribution in [0.2, 0.25) is 0 Å². The molecule has 4 nitrogen and oxygen atoms in total. The highest BCUT2D eigenvalue weighted by molar-refractivity contribution is 5.67. The Morgan fingerprint density at radius 1 is 1.28 bits per heavy atom. The van der Waals surface area contributed by atoms with Gasteiger partial charge in [0.15, 0.2) is 0 Å². The van der Waals surface area contributed by atoms with Gasteiger partial charge in [0.1, 0.15) is 6.26 Å². The first kappa shape index (κ1) is 12.8. The van der Waals surface area contributed by atoms with E-state index in [0.717, 1.165) is 18.6 Å². The molecule has 0 saturated heterocycles. The molecule has 0 spiro atoms. The third-order valence-electron chi connectivity index (χ3n) is 2.77. The van der Waals surface area contributed by atoms with E-state index in [1.807, 2.05) is 14.1 Å². The van der Waals surface area contributed by atoms with Crippen molar-refractivity contribution in [2.75, 3.05) is 20.7 Å². The lowest BCUT2D eigenvalue weighted by Crippen LogP contribution is -2.10. The van der Waals surface area contributed by atoms with Crippen LogP contribution in [0.3, 0.4) is 0 Å². The highest BCUT2D eigenvalue weighted by Crippen LogP contribution is 2.28. The minimum atomic E-state index is 0.717. The molecular formula is C14H18N2O2. The van der Waals surface area contributed by atoms with Crippen molar-refractivity contribution in [3.63, 3.8) is 0 Å². The topological polar surface area (TPSA) is 47.3 Å². The van der Waals surface area contributed by atoms with Gasteiger partial charge in [-0.05, 0) is 37.2 Å². The van der Waals surface area contributed by atoms with Gasteiger partial charge in [0.2, 0.25) is 0 Å². The number of hydrogen-bond donors (Lipinski definition) is 1. The molecule has 3 rings (SSSR count). The summed E-state index contributed by atoms with van der Waals surface area (Å²) >= 11 is 0. The molecule has 4 heteroatoms. The van der Waals surface area contributed by atoms with E-state index in [1.165, 1.54) is 16.7 Å². The fourth-order valence-corrected chi connectivity index (χ4v) is 2.03. The first-order chi connectivity index (χ1) is 8.86. The average molecular weight is 246 g/mol. The van der Waals surface area contributed by atoms with E-state index >= 15 is 0 Å². The van der Waals surface area contributed by atoms with Crippen molar-refractivity contribution in [3.8, 4) is 11.1 Å². The predicted molar refractivity (Wildman–Crippen MR) is 70.3 cm³/mol. The lowest BCUT2D eigenvalue weighted by atomic mass is 9.94. The Bertz CT molecular complexity index is 481. The molecule has 2 aromatic rings. The normalized spacial score (nSPS) is 13.4. The molecule has 96 valence electrons. The lowest BCUT2D eigenvalue weighted by molar-refractivity contribution is 0.111. The van der Waals surface area contributed by atoms with Crippen molar-refractivity contribution in [2.45, 2.75) is 13.0 Å². The van der Waals surface area contributed by atoms with Gasteiger partial charge >= 0.3 is 0 Å². The number of aromatic nitrogens is 1. The summed E-state index contributed by atoms with van der Waals surface area (Å²) in [5, 5.41) is 6.49. The summed E-state index contributed by atoms with van der Waals surface area (Å²) in [5.74, 6) is 0. The number of hydrogen-bond acceptors (Lipinski definition) is 4. The maximum Gasteiger partial charge on any atom is 0.131 e. The minimum absolute atomic E-state index is 0.717. The molecule has 0 saturated carbocycles. The van der Waals surface area contributed by atoms with Crippen molar-refractivity contribution in [1.82, 2.24) is 10.5 Å². The largest absolute Gasteiger partial charge is 0.376 e. The molecule has 1 aromatic carbocycles. The van der Waals surface area contributed by atoms with Crippen LogP contribution < -0.4 is 5.32 Å². The molecule has 18 heavy (non-hydrogen) atoms. The molecule has 0 bridgehead atoms. The summed E-state index contributed by atoms with van der Waals surface area (Å²) in [7, 11) is 3.75. The Kier molecular flexibility index (Phi) is 4.50. The number of fused-ring (bicyclic) bond motifs is 1. The Hall–Kier alpha value is -1.65. The van der Waals surface area contributed by atoms with Gasteiger partial charge in [-0.25, -0.2) is 0 Å². The van der Waals surface area contributed by atoms with Crippen LogP contribution in [0.25, 0.3) is 11.1 Å². The molecule has 1 aromatic heterocycles. The summed E-state index contributed by atoms with van der Waals surface area (Å²) in [4.78, 5) is 0. The van der Waals surface area contributed by atoms with Gasteiger partial charge < -0.3 is 14.6 Å². The standard InChI is InChI=1S/C12H11NO2.C2H7N/c1-2-9-7-14-5-4-12(9)11(3-1)10-6-13-15-8-10;1-3-2/h1-3,6,8H,4-5,7H2;3H,1-2H3. The third kappa shape index (κ3) is 2.78. The van der Waals surface area contributed by atoms with E-state index < -0.39 is 0 Å². The molecule has 0 atom stereocenters. The van der Waals surface area contributed by atoms with Crippen LogP contribution in [-0.4, -0.2) is 25.9 Å². The maximum absolute atomic E-state index is 5.43. The second kappa shape index (κ2) is 6.33. The predicted octanol–water partition coefficient (Wildman–Crippen LogP) is 2.25. The minimum Gasteiger partial charge on any atom is -0.376 e. The van der Waals surface area contributed by atoms with Gasteiger partial charge in [0.25, 0.3) is 0 Å². The molecule has 0 unspecified atom stereocenters. The van der Waals surface area contributed by atoms with Crippen molar-refractivity contribution < 1.29 is 9.26 Å². The van der Waals surface area contributed by atoms with Gasteiger partial charge in [-0.1, -0.05) is 23.4 Å². The summed E-state index contributed by atoms with van der Waals surface area (Å²) in [5.41, 5.74) is 4.91. The number of rotatable bonds is 1.